The number of carboxylic acids is 1. The number of furan rings is 1. The van der Waals surface area contributed by atoms with Crippen LogP contribution in [0, 0.1) is 10.1 Å². The summed E-state index contributed by atoms with van der Waals surface area (Å²) >= 11 is 6.75. The molecule has 4 rings (SSSR count). The lowest BCUT2D eigenvalue weighted by Gasteiger charge is -2.04. The molecule has 10 nitrogen and oxygen atoms in total. The van der Waals surface area contributed by atoms with E-state index < -0.39 is 10.9 Å². The summed E-state index contributed by atoms with van der Waals surface area (Å²) in [5, 5.41) is 29.1. The Balaban J connectivity index is 1.61. The Bertz CT molecular complexity index is 1410. The fraction of sp³-hybridized carbons (Fsp3) is 0.0455. The van der Waals surface area contributed by atoms with Crippen molar-refractivity contribution in [3.8, 4) is 28.5 Å². The van der Waals surface area contributed by atoms with Gasteiger partial charge in [-0.25, -0.2) is 4.79 Å². The highest BCUT2D eigenvalue weighted by atomic mass is 35.5. The van der Waals surface area contributed by atoms with Crippen LogP contribution in [-0.4, -0.2) is 33.3 Å². The van der Waals surface area contributed by atoms with Crippen LogP contribution >= 0.6 is 23.4 Å². The molecule has 2 heterocycles. The molecular weight excluding hydrogens is 486 g/mol. The molecule has 0 saturated carbocycles. The van der Waals surface area contributed by atoms with Crippen molar-refractivity contribution in [3.63, 3.8) is 0 Å². The number of carboxylic acid groups (broad SMARTS) is 1. The van der Waals surface area contributed by atoms with Crippen LogP contribution < -0.4 is 4.74 Å². The van der Waals surface area contributed by atoms with Gasteiger partial charge in [0.2, 0.25) is 0 Å². The maximum atomic E-state index is 11.8. The quantitative estimate of drug-likeness (QED) is 0.137. The molecule has 2 aromatic carbocycles. The first-order valence-electron chi connectivity index (χ1n) is 9.49. The number of aliphatic carboxylic acids is 1. The molecule has 4 aromatic rings. The maximum Gasteiger partial charge on any atom is 0.342 e. The minimum atomic E-state index is -1.26. The van der Waals surface area contributed by atoms with E-state index in [1.807, 2.05) is 0 Å². The molecule has 1 N–H and O–H groups in total. The van der Waals surface area contributed by atoms with Crippen molar-refractivity contribution in [2.24, 2.45) is 0 Å². The normalized spacial score (nSPS) is 11.4. The van der Waals surface area contributed by atoms with Crippen molar-refractivity contribution >= 4 is 41.1 Å². The Hall–Kier alpha value is -4.09. The fourth-order valence-corrected chi connectivity index (χ4v) is 3.81. The standard InChI is InChI=1S/C22H14ClN3O7S/c1-31-17-8-6-12(23)10-15(17)20-24-25-22(33-20)34-19(21(27)28)11-13-7-9-18(32-13)14-4-2-3-5-16(14)26(29)30/h2-11H,1H3,(H,27,28)/b19-11-. The van der Waals surface area contributed by atoms with Gasteiger partial charge in [0.15, 0.2) is 0 Å². The third-order valence-corrected chi connectivity index (χ3v) is 5.56. The van der Waals surface area contributed by atoms with Crippen LogP contribution in [0.1, 0.15) is 5.76 Å². The first kappa shape index (κ1) is 23.1. The Morgan fingerprint density at radius 3 is 2.68 bits per heavy atom. The lowest BCUT2D eigenvalue weighted by molar-refractivity contribution is -0.384. The minimum Gasteiger partial charge on any atom is -0.496 e. The predicted octanol–water partition coefficient (Wildman–Crippen LogP) is 5.78. The first-order chi connectivity index (χ1) is 16.4. The van der Waals surface area contributed by atoms with Crippen molar-refractivity contribution in [2.75, 3.05) is 7.11 Å². The number of nitro benzene ring substituents is 1. The van der Waals surface area contributed by atoms with Crippen LogP contribution in [0.15, 0.2) is 73.6 Å². The number of nitro groups is 1. The third kappa shape index (κ3) is 4.95. The van der Waals surface area contributed by atoms with Gasteiger partial charge in [0.05, 0.1) is 23.2 Å². The van der Waals surface area contributed by atoms with Crippen LogP contribution in [0.2, 0.25) is 5.02 Å². The molecule has 34 heavy (non-hydrogen) atoms. The highest BCUT2D eigenvalue weighted by Crippen LogP contribution is 2.36. The number of aromatic nitrogens is 2. The van der Waals surface area contributed by atoms with Crippen molar-refractivity contribution in [2.45, 2.75) is 5.22 Å². The van der Waals surface area contributed by atoms with E-state index in [0.717, 1.165) is 11.8 Å². The van der Waals surface area contributed by atoms with Gasteiger partial charge < -0.3 is 18.7 Å². The number of hydrogen-bond acceptors (Lipinski definition) is 9. The average Bonchev–Trinajstić information content (AvgIpc) is 3.48. The van der Waals surface area contributed by atoms with Crippen LogP contribution in [0.4, 0.5) is 5.69 Å². The van der Waals surface area contributed by atoms with Gasteiger partial charge in [0.25, 0.3) is 16.8 Å². The van der Waals surface area contributed by atoms with Gasteiger partial charge in [-0.1, -0.05) is 23.7 Å². The molecule has 0 aliphatic heterocycles. The molecule has 0 radical (unpaired) electrons. The molecule has 0 atom stereocenters. The van der Waals surface area contributed by atoms with E-state index in [-0.39, 0.29) is 38.8 Å². The summed E-state index contributed by atoms with van der Waals surface area (Å²) in [5.41, 5.74) is 0.596. The lowest BCUT2D eigenvalue weighted by Crippen LogP contribution is -1.96. The first-order valence-corrected chi connectivity index (χ1v) is 10.7. The second kappa shape index (κ2) is 9.81. The number of para-hydroxylation sites is 1. The Morgan fingerprint density at radius 2 is 1.94 bits per heavy atom. The van der Waals surface area contributed by atoms with Gasteiger partial charge in [-0.05, 0) is 48.2 Å². The Labute approximate surface area is 201 Å². The molecule has 172 valence electrons. The summed E-state index contributed by atoms with van der Waals surface area (Å²) < 4.78 is 16.5. The van der Waals surface area contributed by atoms with Gasteiger partial charge >= 0.3 is 5.97 Å². The van der Waals surface area contributed by atoms with Crippen molar-refractivity contribution in [3.05, 3.63) is 80.4 Å². The highest BCUT2D eigenvalue weighted by molar-refractivity contribution is 8.03. The molecule has 0 bridgehead atoms. The Kier molecular flexibility index (Phi) is 6.66. The van der Waals surface area contributed by atoms with E-state index in [4.69, 9.17) is 25.2 Å². The number of ether oxygens (including phenoxy) is 1. The van der Waals surface area contributed by atoms with Crippen LogP contribution in [0.3, 0.4) is 0 Å². The number of hydrogen-bond donors (Lipinski definition) is 1. The molecule has 12 heteroatoms. The zero-order valence-electron chi connectivity index (χ0n) is 17.3. The number of thioether (sulfide) groups is 1. The summed E-state index contributed by atoms with van der Waals surface area (Å²) in [6, 6.07) is 14.0. The van der Waals surface area contributed by atoms with E-state index in [9.17, 15) is 20.0 Å². The average molecular weight is 500 g/mol. The van der Waals surface area contributed by atoms with E-state index in [1.54, 1.807) is 36.4 Å². The molecule has 0 aliphatic rings. The third-order valence-electron chi connectivity index (χ3n) is 4.47. The molecule has 0 fully saturated rings. The molecule has 2 aromatic heterocycles. The number of methoxy groups -OCH3 is 1. The van der Waals surface area contributed by atoms with Gasteiger partial charge in [0, 0.05) is 17.2 Å². The van der Waals surface area contributed by atoms with Gasteiger partial charge in [0.1, 0.15) is 22.2 Å². The largest absolute Gasteiger partial charge is 0.496 e. The smallest absolute Gasteiger partial charge is 0.342 e. The molecule has 0 saturated heterocycles. The monoisotopic (exact) mass is 499 g/mol. The van der Waals surface area contributed by atoms with E-state index in [0.29, 0.717) is 16.3 Å². The van der Waals surface area contributed by atoms with Crippen molar-refractivity contribution < 1.29 is 28.4 Å². The Morgan fingerprint density at radius 1 is 1.15 bits per heavy atom. The highest BCUT2D eigenvalue weighted by Gasteiger charge is 2.20. The second-order valence-electron chi connectivity index (χ2n) is 6.61. The van der Waals surface area contributed by atoms with Gasteiger partial charge in [-0.3, -0.25) is 10.1 Å². The zero-order valence-corrected chi connectivity index (χ0v) is 18.9. The predicted molar refractivity (Wildman–Crippen MR) is 124 cm³/mol. The number of benzene rings is 2. The molecule has 0 amide bonds. The van der Waals surface area contributed by atoms with Gasteiger partial charge in [-0.2, -0.15) is 0 Å². The van der Waals surface area contributed by atoms with Crippen molar-refractivity contribution in [1.29, 1.82) is 0 Å². The van der Waals surface area contributed by atoms with Crippen LogP contribution in [0.25, 0.3) is 28.9 Å². The number of rotatable bonds is 8. The number of carbonyl (C=O) groups is 1. The molecular formula is C22H14ClN3O7S. The van der Waals surface area contributed by atoms with Crippen LogP contribution in [0.5, 0.6) is 5.75 Å². The molecule has 0 aliphatic carbocycles. The lowest BCUT2D eigenvalue weighted by atomic mass is 10.1. The van der Waals surface area contributed by atoms with E-state index in [1.165, 1.54) is 31.4 Å². The summed E-state index contributed by atoms with van der Waals surface area (Å²) in [7, 11) is 1.48. The van der Waals surface area contributed by atoms with Crippen LogP contribution in [-0.2, 0) is 4.79 Å². The fourth-order valence-electron chi connectivity index (χ4n) is 2.98. The number of nitrogens with zero attached hydrogens (tertiary/aromatic N) is 3. The second-order valence-corrected chi connectivity index (χ2v) is 8.04. The number of halogens is 1. The molecule has 0 unspecified atom stereocenters. The summed E-state index contributed by atoms with van der Waals surface area (Å²) in [4.78, 5) is 22.4. The topological polar surface area (TPSA) is 142 Å². The summed E-state index contributed by atoms with van der Waals surface area (Å²) in [6.45, 7) is 0. The molecule has 0 spiro atoms. The zero-order chi connectivity index (χ0) is 24.2. The van der Waals surface area contributed by atoms with Crippen molar-refractivity contribution in [1.82, 2.24) is 10.2 Å². The maximum absolute atomic E-state index is 11.8. The van der Waals surface area contributed by atoms with E-state index >= 15 is 0 Å². The minimum absolute atomic E-state index is 0.0313. The SMILES string of the molecule is COc1ccc(Cl)cc1-c1nnc(S/C(=C\c2ccc(-c3ccccc3[N+](=O)[O-])o2)C(=O)O)o1. The van der Waals surface area contributed by atoms with Gasteiger partial charge in [-0.15, -0.1) is 10.2 Å². The summed E-state index contributed by atoms with van der Waals surface area (Å²) in [5.74, 6) is -0.301. The van der Waals surface area contributed by atoms with E-state index in [2.05, 4.69) is 10.2 Å². The summed E-state index contributed by atoms with van der Waals surface area (Å²) in [6.07, 6.45) is 1.26.